The molecule has 5 nitrogen and oxygen atoms in total. The number of piperazine rings is 1. The summed E-state index contributed by atoms with van der Waals surface area (Å²) in [5, 5.41) is 9.74. The van der Waals surface area contributed by atoms with Crippen LogP contribution in [0, 0.1) is 0 Å². The van der Waals surface area contributed by atoms with Gasteiger partial charge in [-0.25, -0.2) is 8.42 Å². The van der Waals surface area contributed by atoms with E-state index in [1.165, 1.54) is 28.6 Å². The van der Waals surface area contributed by atoms with Crippen molar-refractivity contribution in [2.75, 3.05) is 31.1 Å². The Balaban J connectivity index is 1.69. The Hall–Kier alpha value is -2.10. The van der Waals surface area contributed by atoms with Gasteiger partial charge in [0.25, 0.3) is 0 Å². The zero-order chi connectivity index (χ0) is 20.6. The predicted molar refractivity (Wildman–Crippen MR) is 99.5 cm³/mol. The number of alkyl halides is 3. The van der Waals surface area contributed by atoms with E-state index in [4.69, 9.17) is 0 Å². The van der Waals surface area contributed by atoms with Gasteiger partial charge in [0.05, 0.1) is 4.90 Å². The maximum Gasteiger partial charge on any atom is 0.421 e. The molecule has 0 unspecified atom stereocenters. The number of anilines is 1. The Labute approximate surface area is 162 Å². The lowest BCUT2D eigenvalue weighted by Gasteiger charge is -2.35. The van der Waals surface area contributed by atoms with Gasteiger partial charge in [-0.1, -0.05) is 30.3 Å². The first-order valence-corrected chi connectivity index (χ1v) is 10.2. The molecule has 1 aliphatic heterocycles. The lowest BCUT2D eigenvalue weighted by molar-refractivity contribution is -0.258. The molecule has 9 heteroatoms. The fraction of sp³-hybridized carbons (Fsp3) is 0.368. The molecule has 152 valence electrons. The van der Waals surface area contributed by atoms with Gasteiger partial charge in [0.15, 0.2) is 5.60 Å². The first-order chi connectivity index (χ1) is 13.0. The molecular formula is C19H21F3N2O3S. The number of halogens is 3. The number of benzene rings is 2. The lowest BCUT2D eigenvalue weighted by atomic mass is 9.95. The van der Waals surface area contributed by atoms with Crippen molar-refractivity contribution in [3.8, 4) is 0 Å². The highest BCUT2D eigenvalue weighted by molar-refractivity contribution is 7.89. The highest BCUT2D eigenvalue weighted by Gasteiger charge is 2.51. The zero-order valence-corrected chi connectivity index (χ0v) is 16.0. The van der Waals surface area contributed by atoms with Gasteiger partial charge in [-0.15, -0.1) is 0 Å². The minimum Gasteiger partial charge on any atom is -0.376 e. The Kier molecular flexibility index (Phi) is 5.44. The monoisotopic (exact) mass is 414 g/mol. The van der Waals surface area contributed by atoms with Crippen LogP contribution in [0.2, 0.25) is 0 Å². The normalized spacial score (nSPS) is 18.7. The summed E-state index contributed by atoms with van der Waals surface area (Å²) in [7, 11) is -3.56. The SMILES string of the molecule is C[C@](O)(c1ccc(N2CCN(S(=O)(=O)c3ccccc3)CC2)cc1)C(F)(F)F. The minimum atomic E-state index is -4.77. The summed E-state index contributed by atoms with van der Waals surface area (Å²) in [6, 6.07) is 13.7. The quantitative estimate of drug-likeness (QED) is 0.836. The Morgan fingerprint density at radius 3 is 1.93 bits per heavy atom. The molecule has 1 saturated heterocycles. The molecule has 0 radical (unpaired) electrons. The van der Waals surface area contributed by atoms with Crippen molar-refractivity contribution in [3.63, 3.8) is 0 Å². The zero-order valence-electron chi connectivity index (χ0n) is 15.2. The molecule has 3 rings (SSSR count). The molecule has 1 fully saturated rings. The van der Waals surface area contributed by atoms with Crippen LogP contribution in [0.5, 0.6) is 0 Å². The van der Waals surface area contributed by atoms with Crippen molar-refractivity contribution < 1.29 is 26.7 Å². The molecule has 2 aromatic carbocycles. The largest absolute Gasteiger partial charge is 0.421 e. The van der Waals surface area contributed by atoms with Crippen LogP contribution < -0.4 is 4.90 Å². The van der Waals surface area contributed by atoms with E-state index in [9.17, 15) is 26.7 Å². The maximum atomic E-state index is 12.9. The number of sulfonamides is 1. The molecule has 2 aromatic rings. The number of hydrogen-bond donors (Lipinski definition) is 1. The van der Waals surface area contributed by atoms with Gasteiger partial charge in [-0.3, -0.25) is 0 Å². The molecule has 0 amide bonds. The third kappa shape index (κ3) is 3.87. The van der Waals surface area contributed by atoms with Crippen LogP contribution in [0.4, 0.5) is 18.9 Å². The third-order valence-electron chi connectivity index (χ3n) is 4.97. The fourth-order valence-electron chi connectivity index (χ4n) is 3.09. The molecule has 1 atom stereocenters. The summed E-state index contributed by atoms with van der Waals surface area (Å²) in [5.74, 6) is 0. The smallest absolute Gasteiger partial charge is 0.376 e. The lowest BCUT2D eigenvalue weighted by Crippen LogP contribution is -2.48. The standard InChI is InChI=1S/C19H21F3N2O3S/c1-18(25,19(20,21)22)15-7-9-16(10-8-15)23-11-13-24(14-12-23)28(26,27)17-5-3-2-4-6-17/h2-10,25H,11-14H2,1H3/t18-/m0/s1. The van der Waals surface area contributed by atoms with E-state index >= 15 is 0 Å². The van der Waals surface area contributed by atoms with Crippen molar-refractivity contribution in [2.45, 2.75) is 23.6 Å². The number of rotatable bonds is 4. The molecule has 1 N–H and O–H groups in total. The Morgan fingerprint density at radius 2 is 1.43 bits per heavy atom. The first kappa shape index (κ1) is 20.6. The van der Waals surface area contributed by atoms with Crippen molar-refractivity contribution in [1.82, 2.24) is 4.31 Å². The van der Waals surface area contributed by atoms with E-state index < -0.39 is 21.8 Å². The third-order valence-corrected chi connectivity index (χ3v) is 6.88. The summed E-state index contributed by atoms with van der Waals surface area (Å²) in [4.78, 5) is 2.14. The van der Waals surface area contributed by atoms with Crippen LogP contribution in [0.3, 0.4) is 0 Å². The number of hydrogen-bond acceptors (Lipinski definition) is 4. The summed E-state index contributed by atoms with van der Waals surface area (Å²) in [6.45, 7) is 2.11. The second kappa shape index (κ2) is 7.38. The van der Waals surface area contributed by atoms with E-state index in [2.05, 4.69) is 0 Å². The highest BCUT2D eigenvalue weighted by Crippen LogP contribution is 2.38. The van der Waals surface area contributed by atoms with Crippen LogP contribution in [0.1, 0.15) is 12.5 Å². The molecular weight excluding hydrogens is 393 g/mol. The van der Waals surface area contributed by atoms with Gasteiger partial charge >= 0.3 is 6.18 Å². The fourth-order valence-corrected chi connectivity index (χ4v) is 4.53. The highest BCUT2D eigenvalue weighted by atomic mass is 32.2. The van der Waals surface area contributed by atoms with Crippen molar-refractivity contribution in [1.29, 1.82) is 0 Å². The Morgan fingerprint density at radius 1 is 0.893 bits per heavy atom. The van der Waals surface area contributed by atoms with E-state index in [1.807, 2.05) is 4.90 Å². The number of nitrogens with zero attached hydrogens (tertiary/aromatic N) is 2. The second-order valence-corrected chi connectivity index (χ2v) is 8.76. The molecule has 0 aromatic heterocycles. The van der Waals surface area contributed by atoms with E-state index in [0.717, 1.165) is 6.92 Å². The topological polar surface area (TPSA) is 60.9 Å². The van der Waals surface area contributed by atoms with Crippen LogP contribution in [0.15, 0.2) is 59.5 Å². The maximum absolute atomic E-state index is 12.9. The first-order valence-electron chi connectivity index (χ1n) is 8.73. The summed E-state index contributed by atoms with van der Waals surface area (Å²) in [6.07, 6.45) is -4.77. The number of aliphatic hydroxyl groups is 1. The van der Waals surface area contributed by atoms with Crippen LogP contribution in [-0.2, 0) is 15.6 Å². The molecule has 0 saturated carbocycles. The second-order valence-electron chi connectivity index (χ2n) is 6.82. The van der Waals surface area contributed by atoms with Crippen molar-refractivity contribution >= 4 is 15.7 Å². The average Bonchev–Trinajstić information content (AvgIpc) is 2.68. The van der Waals surface area contributed by atoms with Crippen LogP contribution >= 0.6 is 0 Å². The molecule has 1 aliphatic rings. The van der Waals surface area contributed by atoms with Gasteiger partial charge < -0.3 is 10.0 Å². The summed E-state index contributed by atoms with van der Waals surface area (Å²) in [5.41, 5.74) is -2.49. The summed E-state index contributed by atoms with van der Waals surface area (Å²) >= 11 is 0. The van der Waals surface area contributed by atoms with Gasteiger partial charge in [-0.05, 0) is 36.8 Å². The van der Waals surface area contributed by atoms with E-state index in [1.54, 1.807) is 30.3 Å². The average molecular weight is 414 g/mol. The summed E-state index contributed by atoms with van der Waals surface area (Å²) < 4.78 is 65.5. The van der Waals surface area contributed by atoms with E-state index in [-0.39, 0.29) is 23.5 Å². The predicted octanol–water partition coefficient (Wildman–Crippen LogP) is 2.97. The van der Waals surface area contributed by atoms with Gasteiger partial charge in [0.1, 0.15) is 0 Å². The van der Waals surface area contributed by atoms with E-state index in [0.29, 0.717) is 18.8 Å². The van der Waals surface area contributed by atoms with Crippen LogP contribution in [0.25, 0.3) is 0 Å². The molecule has 0 aliphatic carbocycles. The molecule has 1 heterocycles. The minimum absolute atomic E-state index is 0.238. The van der Waals surface area contributed by atoms with Gasteiger partial charge in [0, 0.05) is 31.9 Å². The van der Waals surface area contributed by atoms with Gasteiger partial charge in [-0.2, -0.15) is 17.5 Å². The molecule has 0 spiro atoms. The van der Waals surface area contributed by atoms with Crippen molar-refractivity contribution in [2.24, 2.45) is 0 Å². The van der Waals surface area contributed by atoms with Gasteiger partial charge in [0.2, 0.25) is 10.0 Å². The van der Waals surface area contributed by atoms with Crippen molar-refractivity contribution in [3.05, 3.63) is 60.2 Å². The molecule has 28 heavy (non-hydrogen) atoms. The molecule has 0 bridgehead atoms. The van der Waals surface area contributed by atoms with Crippen LogP contribution in [-0.4, -0.2) is 50.2 Å². The Bertz CT molecular complexity index is 906.